The van der Waals surface area contributed by atoms with E-state index in [4.69, 9.17) is 14.2 Å². The number of aryl methyl sites for hydroxylation is 1. The Morgan fingerprint density at radius 3 is 2.38 bits per heavy atom. The van der Waals surface area contributed by atoms with Crippen LogP contribution < -0.4 is 14.2 Å². The molecule has 5 heteroatoms. The summed E-state index contributed by atoms with van der Waals surface area (Å²) in [6, 6.07) is 7.06. The number of carbonyl (C=O) groups excluding carboxylic acids is 1. The van der Waals surface area contributed by atoms with Gasteiger partial charge in [0.15, 0.2) is 11.5 Å². The molecule has 2 rings (SSSR count). The summed E-state index contributed by atoms with van der Waals surface area (Å²) in [4.78, 5) is 15.2. The van der Waals surface area contributed by atoms with Crippen LogP contribution in [0.5, 0.6) is 17.2 Å². The fourth-order valence-corrected chi connectivity index (χ4v) is 1.92. The van der Waals surface area contributed by atoms with Crippen molar-refractivity contribution in [2.75, 3.05) is 14.2 Å². The minimum Gasteiger partial charge on any atom is -0.493 e. The number of hydrogen-bond donors (Lipinski definition) is 0. The highest BCUT2D eigenvalue weighted by Gasteiger charge is 2.15. The molecule has 5 nitrogen and oxygen atoms in total. The molecule has 0 fully saturated rings. The first-order valence-corrected chi connectivity index (χ1v) is 6.44. The van der Waals surface area contributed by atoms with E-state index in [0.717, 1.165) is 17.5 Å². The molecule has 0 spiro atoms. The minimum atomic E-state index is 0.291. The zero-order valence-corrected chi connectivity index (χ0v) is 12.3. The number of pyridine rings is 1. The molecule has 1 heterocycles. The maximum atomic E-state index is 10.9. The van der Waals surface area contributed by atoms with Gasteiger partial charge in [-0.05, 0) is 30.7 Å². The van der Waals surface area contributed by atoms with Crippen molar-refractivity contribution in [2.24, 2.45) is 0 Å². The van der Waals surface area contributed by atoms with Crippen LogP contribution in [0, 0.1) is 6.92 Å². The smallest absolute Gasteiger partial charge is 0.203 e. The summed E-state index contributed by atoms with van der Waals surface area (Å²) >= 11 is 0. The number of rotatable bonds is 6. The predicted molar refractivity (Wildman–Crippen MR) is 78.2 cm³/mol. The third kappa shape index (κ3) is 3.31. The first-order valence-electron chi connectivity index (χ1n) is 6.44. The second-order valence-corrected chi connectivity index (χ2v) is 4.43. The van der Waals surface area contributed by atoms with Crippen LogP contribution in [-0.4, -0.2) is 25.5 Å². The third-order valence-electron chi connectivity index (χ3n) is 3.09. The van der Waals surface area contributed by atoms with E-state index in [2.05, 4.69) is 4.98 Å². The summed E-state index contributed by atoms with van der Waals surface area (Å²) in [6.07, 6.45) is 2.45. The Kier molecular flexibility index (Phi) is 4.77. The van der Waals surface area contributed by atoms with E-state index in [1.807, 2.05) is 19.1 Å². The molecule has 0 amide bonds. The number of methoxy groups -OCH3 is 2. The first-order chi connectivity index (χ1) is 10.2. The quantitative estimate of drug-likeness (QED) is 0.765. The molecule has 1 aromatic carbocycles. The van der Waals surface area contributed by atoms with Gasteiger partial charge in [-0.3, -0.25) is 9.78 Å². The molecular formula is C16H17NO4. The SMILES string of the molecule is COc1cc(C=O)cc(OC)c1OCc1ncccc1C. The lowest BCUT2D eigenvalue weighted by Gasteiger charge is -2.15. The van der Waals surface area contributed by atoms with Gasteiger partial charge in [0.25, 0.3) is 0 Å². The second-order valence-electron chi connectivity index (χ2n) is 4.43. The van der Waals surface area contributed by atoms with E-state index in [1.165, 1.54) is 14.2 Å². The second kappa shape index (κ2) is 6.74. The summed E-state index contributed by atoms with van der Waals surface area (Å²) in [7, 11) is 3.03. The molecular weight excluding hydrogens is 270 g/mol. The maximum absolute atomic E-state index is 10.9. The number of aldehydes is 1. The molecule has 0 N–H and O–H groups in total. The molecule has 110 valence electrons. The summed E-state index contributed by atoms with van der Waals surface area (Å²) in [5.74, 6) is 1.35. The molecule has 0 saturated carbocycles. The van der Waals surface area contributed by atoms with Crippen molar-refractivity contribution in [3.05, 3.63) is 47.3 Å². The van der Waals surface area contributed by atoms with Gasteiger partial charge in [-0.1, -0.05) is 6.07 Å². The summed E-state index contributed by atoms with van der Waals surface area (Å²) < 4.78 is 16.3. The first kappa shape index (κ1) is 14.8. The zero-order chi connectivity index (χ0) is 15.2. The molecule has 21 heavy (non-hydrogen) atoms. The zero-order valence-electron chi connectivity index (χ0n) is 12.3. The van der Waals surface area contributed by atoms with Crippen molar-refractivity contribution in [3.8, 4) is 17.2 Å². The lowest BCUT2D eigenvalue weighted by molar-refractivity contribution is 0.112. The summed E-state index contributed by atoms with van der Waals surface area (Å²) in [5.41, 5.74) is 2.34. The summed E-state index contributed by atoms with van der Waals surface area (Å²) in [5, 5.41) is 0. The van der Waals surface area contributed by atoms with Crippen molar-refractivity contribution < 1.29 is 19.0 Å². The topological polar surface area (TPSA) is 57.7 Å². The van der Waals surface area contributed by atoms with Crippen LogP contribution in [0.25, 0.3) is 0 Å². The standard InChI is InChI=1S/C16H17NO4/c1-11-5-4-6-17-13(11)10-21-16-14(19-2)7-12(9-18)8-15(16)20-3/h4-9H,10H2,1-3H3. The van der Waals surface area contributed by atoms with Crippen LogP contribution in [0.15, 0.2) is 30.5 Å². The van der Waals surface area contributed by atoms with Crippen LogP contribution in [0.3, 0.4) is 0 Å². The Morgan fingerprint density at radius 2 is 1.86 bits per heavy atom. The van der Waals surface area contributed by atoms with E-state index in [0.29, 0.717) is 29.4 Å². The van der Waals surface area contributed by atoms with Gasteiger partial charge < -0.3 is 14.2 Å². The van der Waals surface area contributed by atoms with E-state index in [1.54, 1.807) is 18.3 Å². The average Bonchev–Trinajstić information content (AvgIpc) is 2.53. The number of ether oxygens (including phenoxy) is 3. The Bertz CT molecular complexity index is 615. The highest BCUT2D eigenvalue weighted by Crippen LogP contribution is 2.38. The van der Waals surface area contributed by atoms with Gasteiger partial charge in [-0.15, -0.1) is 0 Å². The number of benzene rings is 1. The Hall–Kier alpha value is -2.56. The molecule has 0 unspecified atom stereocenters. The Balaban J connectivity index is 2.30. The number of hydrogen-bond acceptors (Lipinski definition) is 5. The average molecular weight is 287 g/mol. The van der Waals surface area contributed by atoms with Crippen LogP contribution in [0.1, 0.15) is 21.6 Å². The molecule has 0 aliphatic heterocycles. The normalized spacial score (nSPS) is 10.0. The molecule has 0 aliphatic carbocycles. The minimum absolute atomic E-state index is 0.291. The van der Waals surface area contributed by atoms with Gasteiger partial charge in [0.2, 0.25) is 5.75 Å². The van der Waals surface area contributed by atoms with Gasteiger partial charge in [-0.25, -0.2) is 0 Å². The largest absolute Gasteiger partial charge is 0.493 e. The predicted octanol–water partition coefficient (Wildman–Crippen LogP) is 2.80. The van der Waals surface area contributed by atoms with Crippen molar-refractivity contribution in [1.29, 1.82) is 0 Å². The Morgan fingerprint density at radius 1 is 1.19 bits per heavy atom. The fraction of sp³-hybridized carbons (Fsp3) is 0.250. The third-order valence-corrected chi connectivity index (χ3v) is 3.09. The number of aromatic nitrogens is 1. The van der Waals surface area contributed by atoms with Crippen LogP contribution in [0.2, 0.25) is 0 Å². The van der Waals surface area contributed by atoms with Gasteiger partial charge >= 0.3 is 0 Å². The molecule has 0 atom stereocenters. The van der Waals surface area contributed by atoms with Crippen molar-refractivity contribution >= 4 is 6.29 Å². The van der Waals surface area contributed by atoms with Gasteiger partial charge in [0.1, 0.15) is 12.9 Å². The summed E-state index contributed by atoms with van der Waals surface area (Å²) in [6.45, 7) is 2.26. The molecule has 0 radical (unpaired) electrons. The maximum Gasteiger partial charge on any atom is 0.203 e. The molecule has 1 aromatic heterocycles. The number of carbonyl (C=O) groups is 1. The van der Waals surface area contributed by atoms with Crippen LogP contribution in [0.4, 0.5) is 0 Å². The molecule has 0 aliphatic rings. The van der Waals surface area contributed by atoms with Crippen molar-refractivity contribution in [3.63, 3.8) is 0 Å². The fourth-order valence-electron chi connectivity index (χ4n) is 1.92. The van der Waals surface area contributed by atoms with Crippen molar-refractivity contribution in [2.45, 2.75) is 13.5 Å². The highest BCUT2D eigenvalue weighted by atomic mass is 16.5. The lowest BCUT2D eigenvalue weighted by atomic mass is 10.2. The van der Waals surface area contributed by atoms with Gasteiger partial charge in [-0.2, -0.15) is 0 Å². The van der Waals surface area contributed by atoms with Crippen molar-refractivity contribution in [1.82, 2.24) is 4.98 Å². The Labute approximate surface area is 123 Å². The van der Waals surface area contributed by atoms with Crippen LogP contribution >= 0.6 is 0 Å². The lowest BCUT2D eigenvalue weighted by Crippen LogP contribution is -2.03. The van der Waals surface area contributed by atoms with E-state index in [9.17, 15) is 4.79 Å². The number of nitrogens with zero attached hydrogens (tertiary/aromatic N) is 1. The molecule has 2 aromatic rings. The van der Waals surface area contributed by atoms with E-state index < -0.39 is 0 Å². The van der Waals surface area contributed by atoms with E-state index >= 15 is 0 Å². The van der Waals surface area contributed by atoms with Gasteiger partial charge in [0, 0.05) is 11.8 Å². The van der Waals surface area contributed by atoms with Crippen LogP contribution in [-0.2, 0) is 6.61 Å². The molecule has 0 bridgehead atoms. The van der Waals surface area contributed by atoms with Gasteiger partial charge in [0.05, 0.1) is 19.9 Å². The molecule has 0 saturated heterocycles. The monoisotopic (exact) mass is 287 g/mol. The highest BCUT2D eigenvalue weighted by molar-refractivity contribution is 5.78. The van der Waals surface area contributed by atoms with E-state index in [-0.39, 0.29) is 0 Å².